The molecule has 2 atom stereocenters. The van der Waals surface area contributed by atoms with E-state index in [4.69, 9.17) is 5.73 Å². The Hall–Kier alpha value is -1.82. The van der Waals surface area contributed by atoms with Gasteiger partial charge in [0, 0.05) is 12.2 Å². The molecule has 2 N–H and O–H groups in total. The molecular formula is C15H18F3N3. The number of nitrogens with two attached hydrogens (primary N) is 1. The number of nitrogens with zero attached hydrogens (tertiary/aromatic N) is 2. The zero-order valence-electron chi connectivity index (χ0n) is 11.9. The molecule has 0 radical (unpaired) electrons. The van der Waals surface area contributed by atoms with E-state index in [9.17, 15) is 13.2 Å². The van der Waals surface area contributed by atoms with Crippen LogP contribution in [-0.2, 0) is 6.18 Å². The lowest BCUT2D eigenvalue weighted by atomic mass is 9.97. The van der Waals surface area contributed by atoms with Crippen LogP contribution in [0, 0.1) is 6.92 Å². The highest BCUT2D eigenvalue weighted by Gasteiger charge is 2.34. The fourth-order valence-electron chi connectivity index (χ4n) is 2.32. The van der Waals surface area contributed by atoms with Crippen LogP contribution in [0.25, 0.3) is 0 Å². The van der Waals surface area contributed by atoms with Crippen LogP contribution in [0.5, 0.6) is 0 Å². The Bertz CT molecular complexity index is 604. The first kappa shape index (κ1) is 15.6. The van der Waals surface area contributed by atoms with Crippen molar-refractivity contribution in [1.29, 1.82) is 0 Å². The second-order valence-corrected chi connectivity index (χ2v) is 5.11. The number of hydrogen-bond acceptors (Lipinski definition) is 2. The van der Waals surface area contributed by atoms with Crippen molar-refractivity contribution in [2.75, 3.05) is 0 Å². The average molecular weight is 297 g/mol. The van der Waals surface area contributed by atoms with Gasteiger partial charge in [-0.15, -0.1) is 0 Å². The van der Waals surface area contributed by atoms with Crippen LogP contribution in [0.4, 0.5) is 13.2 Å². The highest BCUT2D eigenvalue weighted by Crippen LogP contribution is 2.30. The van der Waals surface area contributed by atoms with Crippen LogP contribution in [0.15, 0.2) is 36.5 Å². The maximum Gasteiger partial charge on any atom is 0.435 e. The van der Waals surface area contributed by atoms with E-state index >= 15 is 0 Å². The van der Waals surface area contributed by atoms with Crippen molar-refractivity contribution in [2.24, 2.45) is 5.73 Å². The smallest absolute Gasteiger partial charge is 0.326 e. The number of benzene rings is 1. The molecule has 0 saturated carbocycles. The molecule has 0 aliphatic rings. The van der Waals surface area contributed by atoms with Crippen LogP contribution < -0.4 is 5.73 Å². The third kappa shape index (κ3) is 3.44. The predicted octanol–water partition coefficient (Wildman–Crippen LogP) is 3.54. The van der Waals surface area contributed by atoms with Crippen molar-refractivity contribution in [3.05, 3.63) is 53.3 Å². The van der Waals surface area contributed by atoms with E-state index in [0.29, 0.717) is 6.42 Å². The minimum absolute atomic E-state index is 0.312. The second kappa shape index (κ2) is 5.89. The highest BCUT2D eigenvalue weighted by atomic mass is 19.4. The van der Waals surface area contributed by atoms with Gasteiger partial charge in [0.25, 0.3) is 0 Å². The molecule has 1 heterocycles. The van der Waals surface area contributed by atoms with Crippen LogP contribution >= 0.6 is 0 Å². The van der Waals surface area contributed by atoms with Crippen molar-refractivity contribution in [1.82, 2.24) is 9.78 Å². The molecule has 0 saturated heterocycles. The first-order chi connectivity index (χ1) is 9.82. The summed E-state index contributed by atoms with van der Waals surface area (Å²) in [6.45, 7) is 3.84. The van der Waals surface area contributed by atoms with E-state index in [1.54, 1.807) is 0 Å². The number of aryl methyl sites for hydroxylation is 1. The van der Waals surface area contributed by atoms with Crippen molar-refractivity contribution >= 4 is 0 Å². The first-order valence-corrected chi connectivity index (χ1v) is 6.77. The highest BCUT2D eigenvalue weighted by molar-refractivity contribution is 5.27. The van der Waals surface area contributed by atoms with Crippen molar-refractivity contribution in [2.45, 2.75) is 38.5 Å². The molecule has 114 valence electrons. The van der Waals surface area contributed by atoms with Crippen LogP contribution in [0.3, 0.4) is 0 Å². The third-order valence-electron chi connectivity index (χ3n) is 3.44. The summed E-state index contributed by atoms with van der Waals surface area (Å²) in [5, 5.41) is 3.67. The molecule has 21 heavy (non-hydrogen) atoms. The molecule has 2 rings (SSSR count). The van der Waals surface area contributed by atoms with Crippen molar-refractivity contribution < 1.29 is 13.2 Å². The predicted molar refractivity (Wildman–Crippen MR) is 74.8 cm³/mol. The quantitative estimate of drug-likeness (QED) is 0.938. The Morgan fingerprint density at radius 2 is 2.00 bits per heavy atom. The van der Waals surface area contributed by atoms with Crippen LogP contribution in [-0.4, -0.2) is 15.8 Å². The summed E-state index contributed by atoms with van der Waals surface area (Å²) in [6, 6.07) is 7.85. The van der Waals surface area contributed by atoms with E-state index in [1.807, 2.05) is 38.1 Å². The van der Waals surface area contributed by atoms with Crippen LogP contribution in [0.1, 0.15) is 36.2 Å². The second-order valence-electron chi connectivity index (χ2n) is 5.11. The molecule has 0 aliphatic carbocycles. The van der Waals surface area contributed by atoms with E-state index in [0.717, 1.165) is 17.2 Å². The molecule has 1 aromatic heterocycles. The van der Waals surface area contributed by atoms with Gasteiger partial charge in [-0.25, -0.2) is 0 Å². The number of alkyl halides is 3. The topological polar surface area (TPSA) is 43.8 Å². The number of hydrogen-bond donors (Lipinski definition) is 1. The molecule has 1 aromatic carbocycles. The SMILES string of the molecule is CCC(N)C(c1cccc(C)c1)n1ccc(C(F)(F)F)n1. The first-order valence-electron chi connectivity index (χ1n) is 6.77. The normalized spacial score (nSPS) is 15.0. The Morgan fingerprint density at radius 3 is 2.52 bits per heavy atom. The molecule has 0 spiro atoms. The molecule has 0 aliphatic heterocycles. The van der Waals surface area contributed by atoms with Gasteiger partial charge in [0.05, 0.1) is 6.04 Å². The Balaban J connectivity index is 2.44. The molecular weight excluding hydrogens is 279 g/mol. The summed E-state index contributed by atoms with van der Waals surface area (Å²) in [6.07, 6.45) is -2.47. The summed E-state index contributed by atoms with van der Waals surface area (Å²) < 4.78 is 39.4. The molecule has 0 amide bonds. The summed E-state index contributed by atoms with van der Waals surface area (Å²) >= 11 is 0. The lowest BCUT2D eigenvalue weighted by Crippen LogP contribution is -2.33. The molecule has 0 fully saturated rings. The van der Waals surface area contributed by atoms with Gasteiger partial charge in [-0.2, -0.15) is 18.3 Å². The fraction of sp³-hybridized carbons (Fsp3) is 0.400. The van der Waals surface area contributed by atoms with E-state index < -0.39 is 17.9 Å². The number of rotatable bonds is 4. The van der Waals surface area contributed by atoms with Crippen LogP contribution in [0.2, 0.25) is 0 Å². The minimum Gasteiger partial charge on any atom is -0.326 e. The average Bonchev–Trinajstić information content (AvgIpc) is 2.88. The van der Waals surface area contributed by atoms with E-state index in [-0.39, 0.29) is 6.04 Å². The minimum atomic E-state index is -4.45. The monoisotopic (exact) mass is 297 g/mol. The fourth-order valence-corrected chi connectivity index (χ4v) is 2.32. The summed E-state index contributed by atoms with van der Waals surface area (Å²) in [5.74, 6) is 0. The maximum absolute atomic E-state index is 12.7. The molecule has 2 unspecified atom stereocenters. The zero-order valence-corrected chi connectivity index (χ0v) is 11.9. The summed E-state index contributed by atoms with van der Waals surface area (Å²) in [4.78, 5) is 0. The third-order valence-corrected chi connectivity index (χ3v) is 3.44. The van der Waals surface area contributed by atoms with Gasteiger partial charge in [0.2, 0.25) is 0 Å². The Kier molecular flexibility index (Phi) is 4.37. The van der Waals surface area contributed by atoms with E-state index in [1.165, 1.54) is 10.9 Å². The van der Waals surface area contributed by atoms with Gasteiger partial charge in [0.1, 0.15) is 0 Å². The van der Waals surface area contributed by atoms with Gasteiger partial charge in [-0.1, -0.05) is 36.8 Å². The number of aromatic nitrogens is 2. The standard InChI is InChI=1S/C15H18F3N3/c1-3-12(19)14(11-6-4-5-10(2)9-11)21-8-7-13(20-21)15(16,17)18/h4-9,12,14H,3,19H2,1-2H3. The van der Waals surface area contributed by atoms with Gasteiger partial charge >= 0.3 is 6.18 Å². The summed E-state index contributed by atoms with van der Waals surface area (Å²) in [7, 11) is 0. The van der Waals surface area contributed by atoms with Gasteiger partial charge in [-0.05, 0) is 25.0 Å². The molecule has 6 heteroatoms. The van der Waals surface area contributed by atoms with Gasteiger partial charge < -0.3 is 5.73 Å². The largest absolute Gasteiger partial charge is 0.435 e. The molecule has 2 aromatic rings. The molecule has 0 bridgehead atoms. The maximum atomic E-state index is 12.7. The molecule has 3 nitrogen and oxygen atoms in total. The summed E-state index contributed by atoms with van der Waals surface area (Å²) in [5.41, 5.74) is 7.10. The Morgan fingerprint density at radius 1 is 1.29 bits per heavy atom. The number of halogens is 3. The van der Waals surface area contributed by atoms with Crippen molar-refractivity contribution in [3.8, 4) is 0 Å². The zero-order chi connectivity index (χ0) is 15.6. The Labute approximate surface area is 121 Å². The lowest BCUT2D eigenvalue weighted by molar-refractivity contribution is -0.141. The van der Waals surface area contributed by atoms with Gasteiger partial charge in [0.15, 0.2) is 5.69 Å². The van der Waals surface area contributed by atoms with Gasteiger partial charge in [-0.3, -0.25) is 4.68 Å². The lowest BCUT2D eigenvalue weighted by Gasteiger charge is -2.24. The van der Waals surface area contributed by atoms with E-state index in [2.05, 4.69) is 5.10 Å². The van der Waals surface area contributed by atoms with Crippen molar-refractivity contribution in [3.63, 3.8) is 0 Å².